The molecule has 0 saturated carbocycles. The highest BCUT2D eigenvalue weighted by atomic mass is 35.5. The molecule has 1 aromatic carbocycles. The number of carbonyl (C=O) groups excluding carboxylic acids is 1. The van der Waals surface area contributed by atoms with Gasteiger partial charge in [0.05, 0.1) is 30.5 Å². The molecule has 6 nitrogen and oxygen atoms in total. The van der Waals surface area contributed by atoms with Crippen molar-refractivity contribution >= 4 is 35.0 Å². The molecule has 3 rings (SSSR count). The fraction of sp³-hybridized carbons (Fsp3) is 0.480. The van der Waals surface area contributed by atoms with E-state index in [2.05, 4.69) is 32.2 Å². The lowest BCUT2D eigenvalue weighted by Gasteiger charge is -2.34. The summed E-state index contributed by atoms with van der Waals surface area (Å²) in [7, 11) is 3.03. The topological polar surface area (TPSA) is 84.2 Å². The summed E-state index contributed by atoms with van der Waals surface area (Å²) in [6.07, 6.45) is 3.25. The van der Waals surface area contributed by atoms with E-state index in [1.807, 2.05) is 6.07 Å². The van der Waals surface area contributed by atoms with E-state index in [0.717, 1.165) is 25.0 Å². The van der Waals surface area contributed by atoms with Gasteiger partial charge in [0.1, 0.15) is 22.6 Å². The number of thioether (sulfide) groups is 1. The second-order valence-corrected chi connectivity index (χ2v) is 10.7. The van der Waals surface area contributed by atoms with E-state index < -0.39 is 0 Å². The Hall–Kier alpha value is -2.43. The van der Waals surface area contributed by atoms with Crippen molar-refractivity contribution in [1.82, 2.24) is 4.98 Å². The van der Waals surface area contributed by atoms with Crippen molar-refractivity contribution in [3.05, 3.63) is 40.0 Å². The summed E-state index contributed by atoms with van der Waals surface area (Å²) >= 11 is 7.61. The molecule has 0 bridgehead atoms. The molecule has 1 aromatic heterocycles. The van der Waals surface area contributed by atoms with Gasteiger partial charge in [0.15, 0.2) is 0 Å². The number of hydrogen-bond donors (Lipinski definition) is 1. The van der Waals surface area contributed by atoms with Gasteiger partial charge in [-0.15, -0.1) is 11.8 Å². The van der Waals surface area contributed by atoms with Crippen LogP contribution in [0.1, 0.15) is 50.4 Å². The monoisotopic (exact) mass is 487 g/mol. The number of carbonyl (C=O) groups is 1. The van der Waals surface area contributed by atoms with Crippen LogP contribution in [0.2, 0.25) is 5.02 Å². The van der Waals surface area contributed by atoms with E-state index in [-0.39, 0.29) is 17.7 Å². The molecule has 176 valence electrons. The summed E-state index contributed by atoms with van der Waals surface area (Å²) in [5.41, 5.74) is 3.57. The van der Waals surface area contributed by atoms with Crippen LogP contribution in [-0.2, 0) is 17.6 Å². The molecule has 1 aliphatic rings. The van der Waals surface area contributed by atoms with Crippen molar-refractivity contribution in [3.8, 4) is 17.6 Å². The second kappa shape index (κ2) is 10.7. The predicted molar refractivity (Wildman–Crippen MR) is 132 cm³/mol. The summed E-state index contributed by atoms with van der Waals surface area (Å²) < 4.78 is 10.5. The van der Waals surface area contributed by atoms with Crippen LogP contribution in [0.15, 0.2) is 23.2 Å². The molecule has 0 aliphatic heterocycles. The van der Waals surface area contributed by atoms with Crippen molar-refractivity contribution in [3.63, 3.8) is 0 Å². The quantitative estimate of drug-likeness (QED) is 0.490. The molecule has 1 aliphatic carbocycles. The fourth-order valence-corrected chi connectivity index (χ4v) is 5.14. The number of nitrogens with zero attached hydrogens (tertiary/aromatic N) is 2. The van der Waals surface area contributed by atoms with Crippen LogP contribution in [0.3, 0.4) is 0 Å². The first-order valence-electron chi connectivity index (χ1n) is 10.9. The van der Waals surface area contributed by atoms with Crippen LogP contribution in [0.25, 0.3) is 0 Å². The Morgan fingerprint density at radius 3 is 2.64 bits per heavy atom. The van der Waals surface area contributed by atoms with Crippen LogP contribution in [-0.4, -0.2) is 30.9 Å². The molecule has 1 atom stereocenters. The minimum Gasteiger partial charge on any atom is -0.495 e. The molecule has 1 heterocycles. The van der Waals surface area contributed by atoms with E-state index in [1.54, 1.807) is 12.1 Å². The highest BCUT2D eigenvalue weighted by Crippen LogP contribution is 2.38. The van der Waals surface area contributed by atoms with E-state index >= 15 is 0 Å². The number of methoxy groups -OCH3 is 2. The number of halogens is 1. The van der Waals surface area contributed by atoms with Gasteiger partial charge in [-0.3, -0.25) is 4.79 Å². The number of nitriles is 1. The third-order valence-corrected chi connectivity index (χ3v) is 7.30. The van der Waals surface area contributed by atoms with E-state index in [0.29, 0.717) is 44.5 Å². The Labute approximate surface area is 205 Å². The van der Waals surface area contributed by atoms with Crippen molar-refractivity contribution < 1.29 is 14.3 Å². The Morgan fingerprint density at radius 2 is 2.00 bits per heavy atom. The zero-order valence-corrected chi connectivity index (χ0v) is 21.3. The van der Waals surface area contributed by atoms with E-state index in [1.165, 1.54) is 31.5 Å². The standard InChI is InChI=1S/C25H30ClN3O3S/c1-25(2,3)17-6-7-19-15(11-17)10-16(14-27)24(29-19)33-9-8-23(30)28-20-12-18(26)21(31-4)13-22(20)32-5/h10,12-13,17H,6-9,11H2,1-5H3,(H,28,30). The molecule has 1 amide bonds. The number of ether oxygens (including phenoxy) is 2. The third-order valence-electron chi connectivity index (χ3n) is 6.01. The van der Waals surface area contributed by atoms with Gasteiger partial charge < -0.3 is 14.8 Å². The van der Waals surface area contributed by atoms with E-state index in [4.69, 9.17) is 26.1 Å². The lowest BCUT2D eigenvalue weighted by atomic mass is 9.71. The summed E-state index contributed by atoms with van der Waals surface area (Å²) in [4.78, 5) is 17.3. The summed E-state index contributed by atoms with van der Waals surface area (Å²) in [5, 5.41) is 13.6. The van der Waals surface area contributed by atoms with Gasteiger partial charge in [0, 0.05) is 23.9 Å². The minimum atomic E-state index is -0.175. The molecule has 0 spiro atoms. The second-order valence-electron chi connectivity index (χ2n) is 9.20. The van der Waals surface area contributed by atoms with Crippen molar-refractivity contribution in [2.24, 2.45) is 11.3 Å². The molecule has 0 saturated heterocycles. The number of aryl methyl sites for hydroxylation is 1. The molecule has 0 fully saturated rings. The number of benzene rings is 1. The van der Waals surface area contributed by atoms with Crippen molar-refractivity contribution in [2.75, 3.05) is 25.3 Å². The molecule has 8 heteroatoms. The number of rotatable bonds is 7. The number of pyridine rings is 1. The van der Waals surface area contributed by atoms with Gasteiger partial charge in [0.25, 0.3) is 0 Å². The van der Waals surface area contributed by atoms with Crippen LogP contribution in [0.4, 0.5) is 5.69 Å². The van der Waals surface area contributed by atoms with Gasteiger partial charge in [-0.05, 0) is 48.3 Å². The molecule has 0 radical (unpaired) electrons. The molecule has 33 heavy (non-hydrogen) atoms. The average molecular weight is 488 g/mol. The molecule has 1 N–H and O–H groups in total. The number of fused-ring (bicyclic) bond motifs is 1. The van der Waals surface area contributed by atoms with Crippen LogP contribution >= 0.6 is 23.4 Å². The number of nitrogens with one attached hydrogen (secondary N) is 1. The lowest BCUT2D eigenvalue weighted by Crippen LogP contribution is -2.27. The predicted octanol–water partition coefficient (Wildman–Crippen LogP) is 5.90. The van der Waals surface area contributed by atoms with Crippen LogP contribution < -0.4 is 14.8 Å². The SMILES string of the molecule is COc1cc(OC)c(NC(=O)CCSc2nc3c(cc2C#N)CC(C(C)(C)C)CC3)cc1Cl. The summed E-state index contributed by atoms with van der Waals surface area (Å²) in [6.45, 7) is 6.81. The Balaban J connectivity index is 1.64. The van der Waals surface area contributed by atoms with Gasteiger partial charge in [-0.25, -0.2) is 4.98 Å². The Bertz CT molecular complexity index is 1080. The maximum absolute atomic E-state index is 12.5. The minimum absolute atomic E-state index is 0.175. The molecule has 2 aromatic rings. The first-order chi connectivity index (χ1) is 15.7. The third kappa shape index (κ3) is 6.13. The maximum atomic E-state index is 12.5. The lowest BCUT2D eigenvalue weighted by molar-refractivity contribution is -0.115. The first kappa shape index (κ1) is 25.2. The van der Waals surface area contributed by atoms with Gasteiger partial charge in [0.2, 0.25) is 5.91 Å². The largest absolute Gasteiger partial charge is 0.495 e. The maximum Gasteiger partial charge on any atom is 0.225 e. The molecule has 1 unspecified atom stereocenters. The van der Waals surface area contributed by atoms with Crippen LogP contribution in [0.5, 0.6) is 11.5 Å². The number of anilines is 1. The fourth-order valence-electron chi connectivity index (χ4n) is 3.99. The number of aromatic nitrogens is 1. The normalized spacial score (nSPS) is 15.4. The smallest absolute Gasteiger partial charge is 0.225 e. The zero-order chi connectivity index (χ0) is 24.2. The number of hydrogen-bond acceptors (Lipinski definition) is 6. The molecular formula is C25H30ClN3O3S. The average Bonchev–Trinajstić information content (AvgIpc) is 2.77. The summed E-state index contributed by atoms with van der Waals surface area (Å²) in [6, 6.07) is 7.51. The highest BCUT2D eigenvalue weighted by Gasteiger charge is 2.30. The Kier molecular flexibility index (Phi) is 8.14. The van der Waals surface area contributed by atoms with Gasteiger partial charge >= 0.3 is 0 Å². The van der Waals surface area contributed by atoms with Crippen LogP contribution in [0, 0.1) is 22.7 Å². The highest BCUT2D eigenvalue weighted by molar-refractivity contribution is 7.99. The Morgan fingerprint density at radius 1 is 1.27 bits per heavy atom. The van der Waals surface area contributed by atoms with E-state index in [9.17, 15) is 10.1 Å². The zero-order valence-electron chi connectivity index (χ0n) is 19.8. The van der Waals surface area contributed by atoms with Gasteiger partial charge in [-0.1, -0.05) is 32.4 Å². The van der Waals surface area contributed by atoms with Crippen molar-refractivity contribution in [2.45, 2.75) is 51.5 Å². The van der Waals surface area contributed by atoms with Crippen molar-refractivity contribution in [1.29, 1.82) is 5.26 Å². The van der Waals surface area contributed by atoms with Gasteiger partial charge in [-0.2, -0.15) is 5.26 Å². The molecular weight excluding hydrogens is 458 g/mol. The first-order valence-corrected chi connectivity index (χ1v) is 12.3. The number of amides is 1. The summed E-state index contributed by atoms with van der Waals surface area (Å²) in [5.74, 6) is 1.85.